The molecule has 0 amide bonds. The van der Waals surface area contributed by atoms with Crippen LogP contribution in [0.2, 0.25) is 0 Å². The van der Waals surface area contributed by atoms with Crippen molar-refractivity contribution in [2.24, 2.45) is 0 Å². The minimum absolute atomic E-state index is 0.892. The molecule has 1 N–H and O–H groups in total. The van der Waals surface area contributed by atoms with Crippen LogP contribution in [0.15, 0.2) is 149 Å². The fourth-order valence-electron chi connectivity index (χ4n) is 7.37. The van der Waals surface area contributed by atoms with Gasteiger partial charge >= 0.3 is 0 Å². The molecule has 3 heterocycles. The van der Waals surface area contributed by atoms with Crippen LogP contribution in [-0.2, 0) is 0 Å². The van der Waals surface area contributed by atoms with Crippen molar-refractivity contribution in [2.45, 2.75) is 9.79 Å². The summed E-state index contributed by atoms with van der Waals surface area (Å²) in [5, 5.41) is 5.06. The Kier molecular flexibility index (Phi) is 5.05. The van der Waals surface area contributed by atoms with Crippen LogP contribution in [-0.4, -0.2) is 12.3 Å². The number of hydrogen-bond donors (Lipinski definition) is 1. The predicted molar refractivity (Wildman–Crippen MR) is 189 cm³/mol. The Balaban J connectivity index is 1.30. The van der Waals surface area contributed by atoms with E-state index in [-0.39, 0.29) is 0 Å². The van der Waals surface area contributed by atoms with Crippen LogP contribution < -0.4 is 15.8 Å². The summed E-state index contributed by atoms with van der Waals surface area (Å²) < 4.78 is 0. The van der Waals surface area contributed by atoms with Gasteiger partial charge in [-0.15, -0.1) is 0 Å². The zero-order valence-electron chi connectivity index (χ0n) is 23.8. The number of para-hydroxylation sites is 3. The molecule has 0 saturated heterocycles. The number of fused-ring (bicyclic) bond motifs is 8. The van der Waals surface area contributed by atoms with E-state index in [0.29, 0.717) is 0 Å². The van der Waals surface area contributed by atoms with Gasteiger partial charge < -0.3 is 9.88 Å². The Labute approximate surface area is 260 Å². The summed E-state index contributed by atoms with van der Waals surface area (Å²) in [5.74, 6) is 0. The van der Waals surface area contributed by atoms with Crippen LogP contribution in [0.25, 0.3) is 54.8 Å². The lowest BCUT2D eigenvalue weighted by molar-refractivity contribution is 1.18. The molecule has 0 spiro atoms. The highest BCUT2D eigenvalue weighted by atomic mass is 32.2. The number of benzene rings is 7. The number of H-pyrrole nitrogens is 1. The number of nitrogens with zero attached hydrogens (tertiary/aromatic N) is 1. The van der Waals surface area contributed by atoms with Crippen molar-refractivity contribution < 1.29 is 0 Å². The van der Waals surface area contributed by atoms with Gasteiger partial charge in [0.05, 0.1) is 16.9 Å². The number of aromatic amines is 1. The van der Waals surface area contributed by atoms with E-state index in [0.717, 1.165) is 7.28 Å². The van der Waals surface area contributed by atoms with Crippen LogP contribution in [0.4, 0.5) is 17.1 Å². The number of hydrogen-bond acceptors (Lipinski definition) is 2. The number of rotatable bonds is 2. The molecule has 0 saturated carbocycles. The van der Waals surface area contributed by atoms with Gasteiger partial charge in [0, 0.05) is 37.3 Å². The first-order valence-electron chi connectivity index (χ1n) is 15.1. The highest BCUT2D eigenvalue weighted by molar-refractivity contribution is 7.99. The van der Waals surface area contributed by atoms with Gasteiger partial charge in [-0.1, -0.05) is 114 Å². The summed E-state index contributed by atoms with van der Waals surface area (Å²) in [6.45, 7) is 0. The van der Waals surface area contributed by atoms with Crippen LogP contribution >= 0.6 is 11.8 Å². The fourth-order valence-corrected chi connectivity index (χ4v) is 8.48. The molecule has 0 unspecified atom stereocenters. The Morgan fingerprint density at radius 1 is 0.545 bits per heavy atom. The monoisotopic (exact) mass is 576 g/mol. The second-order valence-corrected chi connectivity index (χ2v) is 12.9. The van der Waals surface area contributed by atoms with Crippen molar-refractivity contribution in [1.29, 1.82) is 0 Å². The van der Waals surface area contributed by atoms with E-state index in [4.69, 9.17) is 0 Å². The van der Waals surface area contributed by atoms with Crippen molar-refractivity contribution in [3.8, 4) is 22.3 Å². The summed E-state index contributed by atoms with van der Waals surface area (Å²) in [4.78, 5) is 9.01. The maximum atomic E-state index is 3.87. The first kappa shape index (κ1) is 24.3. The average molecular weight is 577 g/mol. The highest BCUT2D eigenvalue weighted by Gasteiger charge is 2.34. The van der Waals surface area contributed by atoms with E-state index in [9.17, 15) is 0 Å². The molecule has 44 heavy (non-hydrogen) atoms. The smallest absolute Gasteiger partial charge is 0.198 e. The van der Waals surface area contributed by atoms with Gasteiger partial charge in [0.2, 0.25) is 0 Å². The topological polar surface area (TPSA) is 19.0 Å². The maximum Gasteiger partial charge on any atom is 0.198 e. The molecule has 2 aliphatic rings. The summed E-state index contributed by atoms with van der Waals surface area (Å²) in [7, 11) is 0.892. The van der Waals surface area contributed by atoms with Crippen molar-refractivity contribution in [1.82, 2.24) is 4.98 Å². The van der Waals surface area contributed by atoms with Crippen LogP contribution in [0.5, 0.6) is 0 Å². The highest BCUT2D eigenvalue weighted by Crippen LogP contribution is 2.52. The SMILES string of the molecule is B1c2cccc3c2N(c2ccccc2S3)c2cc(-c3ccccc3)cc(-c3cccc4c3[nH]c3cc5ccccc5cc34)c21. The van der Waals surface area contributed by atoms with E-state index >= 15 is 0 Å². The van der Waals surface area contributed by atoms with Crippen LogP contribution in [0.1, 0.15) is 0 Å². The lowest BCUT2D eigenvalue weighted by Crippen LogP contribution is -2.42. The van der Waals surface area contributed by atoms with Gasteiger partial charge in [0.1, 0.15) is 0 Å². The minimum atomic E-state index is 0.892. The van der Waals surface area contributed by atoms with Crippen molar-refractivity contribution in [2.75, 3.05) is 4.90 Å². The third-order valence-corrected chi connectivity index (χ3v) is 10.5. The van der Waals surface area contributed by atoms with E-state index in [1.165, 1.54) is 92.6 Å². The van der Waals surface area contributed by atoms with Gasteiger partial charge in [0.25, 0.3) is 0 Å². The van der Waals surface area contributed by atoms with Crippen molar-refractivity contribution >= 4 is 79.6 Å². The van der Waals surface area contributed by atoms with E-state index in [1.54, 1.807) is 0 Å². The number of anilines is 3. The van der Waals surface area contributed by atoms with E-state index in [1.807, 2.05) is 11.8 Å². The number of aromatic nitrogens is 1. The fraction of sp³-hybridized carbons (Fsp3) is 0. The largest absolute Gasteiger partial charge is 0.354 e. The normalized spacial score (nSPS) is 13.0. The van der Waals surface area contributed by atoms with E-state index in [2.05, 4.69) is 149 Å². The van der Waals surface area contributed by atoms with Gasteiger partial charge in [-0.25, -0.2) is 0 Å². The molecule has 0 aliphatic carbocycles. The van der Waals surface area contributed by atoms with Gasteiger partial charge in [-0.2, -0.15) is 0 Å². The van der Waals surface area contributed by atoms with Crippen LogP contribution in [0, 0.1) is 0 Å². The van der Waals surface area contributed by atoms with Gasteiger partial charge in [0.15, 0.2) is 7.28 Å². The minimum Gasteiger partial charge on any atom is -0.354 e. The Hall–Kier alpha value is -5.19. The summed E-state index contributed by atoms with van der Waals surface area (Å²) in [5.41, 5.74) is 14.0. The molecule has 10 rings (SSSR count). The third kappa shape index (κ3) is 3.46. The number of nitrogens with one attached hydrogen (secondary N) is 1. The maximum absolute atomic E-state index is 3.87. The zero-order valence-corrected chi connectivity index (χ0v) is 24.7. The second-order valence-electron chi connectivity index (χ2n) is 11.8. The molecule has 0 bridgehead atoms. The predicted octanol–water partition coefficient (Wildman–Crippen LogP) is 9.44. The standard InChI is InChI=1S/C40H25BN2S/c1-2-10-24(11-3-1)27-21-31(29-15-8-14-28-30-20-25-12-4-5-13-26(25)22-33(30)42-39(28)29)38-35(23-27)43-34-17-6-7-18-36(34)44-37-19-9-16-32(41-38)40(37)43/h1-23,41-42H. The molecule has 4 heteroatoms. The molecule has 8 aromatic rings. The lowest BCUT2D eigenvalue weighted by Gasteiger charge is -2.39. The molecule has 0 radical (unpaired) electrons. The molecule has 1 aromatic heterocycles. The van der Waals surface area contributed by atoms with E-state index < -0.39 is 0 Å². The molecule has 204 valence electrons. The van der Waals surface area contributed by atoms with Gasteiger partial charge in [-0.05, 0) is 75.4 Å². The summed E-state index contributed by atoms with van der Waals surface area (Å²) in [6, 6.07) is 51.4. The van der Waals surface area contributed by atoms with Crippen LogP contribution in [0.3, 0.4) is 0 Å². The zero-order chi connectivity index (χ0) is 28.8. The van der Waals surface area contributed by atoms with Crippen molar-refractivity contribution in [3.63, 3.8) is 0 Å². The third-order valence-electron chi connectivity index (χ3n) is 9.36. The summed E-state index contributed by atoms with van der Waals surface area (Å²) in [6.07, 6.45) is 0. The molecular weight excluding hydrogens is 551 g/mol. The first-order chi connectivity index (χ1) is 21.8. The Bertz CT molecular complexity index is 2460. The van der Waals surface area contributed by atoms with Gasteiger partial charge in [-0.3, -0.25) is 0 Å². The Morgan fingerprint density at radius 3 is 2.23 bits per heavy atom. The average Bonchev–Trinajstić information content (AvgIpc) is 3.44. The Morgan fingerprint density at radius 2 is 1.32 bits per heavy atom. The molecule has 0 fully saturated rings. The van der Waals surface area contributed by atoms with Crippen molar-refractivity contribution in [3.05, 3.63) is 140 Å². The molecular formula is C40H25BN2S. The molecule has 2 nitrogen and oxygen atoms in total. The lowest BCUT2D eigenvalue weighted by atomic mass is 9.58. The molecule has 7 aromatic carbocycles. The first-order valence-corrected chi connectivity index (χ1v) is 16.0. The second kappa shape index (κ2) is 9.16. The quantitative estimate of drug-likeness (QED) is 0.207. The molecule has 2 aliphatic heterocycles. The summed E-state index contributed by atoms with van der Waals surface area (Å²) >= 11 is 1.88. The molecule has 0 atom stereocenters.